The predicted molar refractivity (Wildman–Crippen MR) is 73.2 cm³/mol. The summed E-state index contributed by atoms with van der Waals surface area (Å²) in [4.78, 5) is 6.86. The molecule has 0 saturated carbocycles. The normalized spacial score (nSPS) is 13.1. The molecule has 0 fully saturated rings. The van der Waals surface area contributed by atoms with Crippen molar-refractivity contribution < 1.29 is 17.4 Å². The Morgan fingerprint density at radius 1 is 1.25 bits per heavy atom. The van der Waals surface area contributed by atoms with E-state index in [1.807, 2.05) is 0 Å². The van der Waals surface area contributed by atoms with Crippen LogP contribution in [0.15, 0.2) is 6.07 Å². The number of anilines is 2. The molecular weight excluding hydrogens is 293 g/mol. The van der Waals surface area contributed by atoms with Crippen LogP contribution in [0.3, 0.4) is 0 Å². The first-order valence-electron chi connectivity index (χ1n) is 6.07. The molecule has 0 aromatic carbocycles. The first-order valence-corrected chi connectivity index (χ1v) is 7.79. The van der Waals surface area contributed by atoms with Crippen molar-refractivity contribution in [2.75, 3.05) is 35.7 Å². The minimum absolute atomic E-state index is 0.102. The van der Waals surface area contributed by atoms with Crippen LogP contribution in [0.25, 0.3) is 0 Å². The second kappa shape index (κ2) is 7.41. The number of rotatable bonds is 7. The molecule has 1 aromatic rings. The van der Waals surface area contributed by atoms with Crippen LogP contribution in [0.4, 0.5) is 24.8 Å². The third-order valence-electron chi connectivity index (χ3n) is 2.25. The second-order valence-corrected chi connectivity index (χ2v) is 5.60. The minimum Gasteiger partial charge on any atom is -0.370 e. The maximum Gasteiger partial charge on any atom is 0.451 e. The van der Waals surface area contributed by atoms with E-state index in [-0.39, 0.29) is 11.6 Å². The van der Waals surface area contributed by atoms with Gasteiger partial charge in [0.25, 0.3) is 0 Å². The maximum atomic E-state index is 12.7. The molecule has 114 valence electrons. The Hall–Kier alpha value is -1.38. The number of hydrogen-bond donors (Lipinski definition) is 2. The summed E-state index contributed by atoms with van der Waals surface area (Å²) < 4.78 is 48.9. The summed E-state index contributed by atoms with van der Waals surface area (Å²) in [6.45, 7) is 2.63. The highest BCUT2D eigenvalue weighted by Crippen LogP contribution is 2.28. The highest BCUT2D eigenvalue weighted by Gasteiger charge is 2.35. The number of halogens is 3. The lowest BCUT2D eigenvalue weighted by molar-refractivity contribution is -0.144. The number of nitrogens with one attached hydrogen (secondary N) is 2. The first kappa shape index (κ1) is 16.7. The molecule has 0 aliphatic rings. The van der Waals surface area contributed by atoms with Crippen LogP contribution in [0.2, 0.25) is 0 Å². The fraction of sp³-hybridized carbons (Fsp3) is 0.636. The summed E-state index contributed by atoms with van der Waals surface area (Å²) in [7, 11) is -0.914. The van der Waals surface area contributed by atoms with Gasteiger partial charge in [-0.2, -0.15) is 13.2 Å². The average molecular weight is 310 g/mol. The summed E-state index contributed by atoms with van der Waals surface area (Å²) in [5, 5.41) is 5.52. The molecule has 0 radical (unpaired) electrons. The van der Waals surface area contributed by atoms with Crippen LogP contribution >= 0.6 is 0 Å². The van der Waals surface area contributed by atoms with Crippen LogP contribution in [0, 0.1) is 0 Å². The molecule has 0 saturated heterocycles. The zero-order valence-electron chi connectivity index (χ0n) is 11.3. The molecule has 0 amide bonds. The van der Waals surface area contributed by atoms with E-state index >= 15 is 0 Å². The van der Waals surface area contributed by atoms with Gasteiger partial charge in [0.15, 0.2) is 0 Å². The van der Waals surface area contributed by atoms with Gasteiger partial charge in [-0.1, -0.05) is 0 Å². The van der Waals surface area contributed by atoms with Crippen molar-refractivity contribution in [3.63, 3.8) is 0 Å². The van der Waals surface area contributed by atoms with Crippen LogP contribution in [0.5, 0.6) is 0 Å². The van der Waals surface area contributed by atoms with Gasteiger partial charge in [0, 0.05) is 42.0 Å². The lowest BCUT2D eigenvalue weighted by Crippen LogP contribution is -2.16. The fourth-order valence-corrected chi connectivity index (χ4v) is 1.98. The van der Waals surface area contributed by atoms with E-state index in [0.29, 0.717) is 25.3 Å². The third kappa shape index (κ3) is 5.72. The molecule has 0 aliphatic heterocycles. The summed E-state index contributed by atoms with van der Waals surface area (Å²) in [6.07, 6.45) is -2.42. The maximum absolute atomic E-state index is 12.7. The van der Waals surface area contributed by atoms with Gasteiger partial charge >= 0.3 is 6.18 Å². The van der Waals surface area contributed by atoms with Crippen molar-refractivity contribution in [1.82, 2.24) is 9.97 Å². The van der Waals surface area contributed by atoms with Crippen molar-refractivity contribution in [3.8, 4) is 0 Å². The Kier molecular flexibility index (Phi) is 6.18. The Morgan fingerprint density at radius 2 is 1.85 bits per heavy atom. The van der Waals surface area contributed by atoms with Crippen molar-refractivity contribution in [3.05, 3.63) is 11.9 Å². The Labute approximate surface area is 117 Å². The number of hydrogen-bond acceptors (Lipinski definition) is 5. The molecule has 5 nitrogen and oxygen atoms in total. The van der Waals surface area contributed by atoms with Crippen LogP contribution in [-0.2, 0) is 17.0 Å². The third-order valence-corrected chi connectivity index (χ3v) is 3.12. The number of aromatic nitrogens is 2. The molecule has 2 N–H and O–H groups in total. The largest absolute Gasteiger partial charge is 0.451 e. The lowest BCUT2D eigenvalue weighted by atomic mass is 10.4. The molecule has 9 heteroatoms. The van der Waals surface area contributed by atoms with Gasteiger partial charge in [0.2, 0.25) is 5.82 Å². The molecule has 0 aliphatic carbocycles. The van der Waals surface area contributed by atoms with Gasteiger partial charge in [0.05, 0.1) is 0 Å². The molecule has 0 bridgehead atoms. The van der Waals surface area contributed by atoms with Gasteiger partial charge in [-0.15, -0.1) is 0 Å². The second-order valence-electron chi connectivity index (χ2n) is 4.05. The molecular formula is C11H17F3N4OS. The Balaban J connectivity index is 2.78. The highest BCUT2D eigenvalue weighted by atomic mass is 32.2. The van der Waals surface area contributed by atoms with E-state index in [1.54, 1.807) is 13.2 Å². The smallest absolute Gasteiger partial charge is 0.370 e. The van der Waals surface area contributed by atoms with Gasteiger partial charge in [-0.3, -0.25) is 4.21 Å². The molecule has 0 spiro atoms. The summed E-state index contributed by atoms with van der Waals surface area (Å²) >= 11 is 0. The van der Waals surface area contributed by atoms with Crippen molar-refractivity contribution in [1.29, 1.82) is 0 Å². The molecule has 1 heterocycles. The SMILES string of the molecule is CCNc1cc(NCCCS(C)=O)nc(C(F)(F)F)n1. The van der Waals surface area contributed by atoms with E-state index in [2.05, 4.69) is 20.6 Å². The topological polar surface area (TPSA) is 66.9 Å². The van der Waals surface area contributed by atoms with Gasteiger partial charge in [0.1, 0.15) is 11.6 Å². The van der Waals surface area contributed by atoms with E-state index in [1.165, 1.54) is 6.07 Å². The van der Waals surface area contributed by atoms with Gasteiger partial charge in [-0.05, 0) is 13.3 Å². The highest BCUT2D eigenvalue weighted by molar-refractivity contribution is 7.84. The molecule has 1 atom stereocenters. The van der Waals surface area contributed by atoms with Crippen molar-refractivity contribution >= 4 is 22.4 Å². The van der Waals surface area contributed by atoms with Gasteiger partial charge < -0.3 is 10.6 Å². The van der Waals surface area contributed by atoms with E-state index in [0.717, 1.165) is 0 Å². The van der Waals surface area contributed by atoms with E-state index < -0.39 is 22.8 Å². The summed E-state index contributed by atoms with van der Waals surface area (Å²) in [5.41, 5.74) is 0. The fourth-order valence-electron chi connectivity index (χ4n) is 1.43. The van der Waals surface area contributed by atoms with E-state index in [4.69, 9.17) is 0 Å². The zero-order valence-corrected chi connectivity index (χ0v) is 12.1. The van der Waals surface area contributed by atoms with Crippen molar-refractivity contribution in [2.24, 2.45) is 0 Å². The number of alkyl halides is 3. The number of nitrogens with zero attached hydrogens (tertiary/aromatic N) is 2. The monoisotopic (exact) mass is 310 g/mol. The Bertz CT molecular complexity index is 467. The average Bonchev–Trinajstić information content (AvgIpc) is 2.33. The van der Waals surface area contributed by atoms with Crippen LogP contribution in [-0.4, -0.2) is 39.3 Å². The minimum atomic E-state index is -4.59. The van der Waals surface area contributed by atoms with Gasteiger partial charge in [-0.25, -0.2) is 9.97 Å². The van der Waals surface area contributed by atoms with E-state index in [9.17, 15) is 17.4 Å². The van der Waals surface area contributed by atoms with Crippen LogP contribution in [0.1, 0.15) is 19.2 Å². The quantitative estimate of drug-likeness (QED) is 0.755. The predicted octanol–water partition coefficient (Wildman–Crippen LogP) is 2.11. The van der Waals surface area contributed by atoms with Crippen LogP contribution < -0.4 is 10.6 Å². The van der Waals surface area contributed by atoms with Crippen molar-refractivity contribution in [2.45, 2.75) is 19.5 Å². The standard InChI is InChI=1S/C11H17F3N4OS/c1-3-15-8-7-9(16-5-4-6-20(2)19)18-10(17-8)11(12,13)14/h7H,3-6H2,1-2H3,(H2,15,16,17,18). The Morgan fingerprint density at radius 3 is 2.35 bits per heavy atom. The summed E-state index contributed by atoms with van der Waals surface area (Å²) in [6, 6.07) is 1.42. The zero-order chi connectivity index (χ0) is 15.2. The molecule has 1 aromatic heterocycles. The molecule has 1 unspecified atom stereocenters. The summed E-state index contributed by atoms with van der Waals surface area (Å²) in [5.74, 6) is -0.469. The molecule has 20 heavy (non-hydrogen) atoms. The lowest BCUT2D eigenvalue weighted by Gasteiger charge is -2.12. The molecule has 1 rings (SSSR count). The first-order chi connectivity index (χ1) is 9.32.